The molecule has 0 aliphatic heterocycles. The van der Waals surface area contributed by atoms with Gasteiger partial charge in [-0.2, -0.15) is 0 Å². The van der Waals surface area contributed by atoms with E-state index in [1.54, 1.807) is 0 Å². The molecule has 1 rings (SSSR count). The number of nitrogens with zero attached hydrogens (tertiary/aromatic N) is 1. The molecule has 0 aromatic carbocycles. The van der Waals surface area contributed by atoms with Crippen LogP contribution in [-0.2, 0) is 0 Å². The Morgan fingerprint density at radius 3 is 2.13 bits per heavy atom. The zero-order valence-corrected chi connectivity index (χ0v) is 10.6. The molecule has 0 aromatic rings. The molecule has 2 nitrogen and oxygen atoms in total. The lowest BCUT2D eigenvalue weighted by atomic mass is 9.81. The van der Waals surface area contributed by atoms with Crippen molar-refractivity contribution in [3.8, 4) is 0 Å². The molecule has 0 heterocycles. The fourth-order valence-corrected chi connectivity index (χ4v) is 2.01. The molecule has 94 valence electrons. The first-order valence-electron chi connectivity index (χ1n) is 6.16. The molecule has 0 spiro atoms. The second-order valence-corrected chi connectivity index (χ2v) is 3.96. The Morgan fingerprint density at radius 2 is 1.80 bits per heavy atom. The lowest BCUT2D eigenvalue weighted by molar-refractivity contribution is 0.0924. The summed E-state index contributed by atoms with van der Waals surface area (Å²) in [7, 11) is 2.03. The molecule has 0 aromatic heterocycles. The van der Waals surface area contributed by atoms with Crippen molar-refractivity contribution in [3.05, 3.63) is 0 Å². The van der Waals surface area contributed by atoms with Crippen LogP contribution in [-0.4, -0.2) is 37.6 Å². The number of nitrogens with one attached hydrogen (secondary N) is 1. The molecule has 0 bridgehead atoms. The Morgan fingerprint density at radius 1 is 1.27 bits per heavy atom. The second-order valence-electron chi connectivity index (χ2n) is 3.96. The minimum absolute atomic E-state index is 0. The molecule has 0 saturated heterocycles. The summed E-state index contributed by atoms with van der Waals surface area (Å²) in [5, 5.41) is 3.21. The Balaban J connectivity index is 0. The van der Waals surface area contributed by atoms with Gasteiger partial charge in [-0.25, -0.2) is 0 Å². The maximum absolute atomic E-state index is 3.21. The van der Waals surface area contributed by atoms with Crippen molar-refractivity contribution in [3.63, 3.8) is 0 Å². The molecule has 15 heavy (non-hydrogen) atoms. The highest BCUT2D eigenvalue weighted by Gasteiger charge is 2.29. The van der Waals surface area contributed by atoms with E-state index >= 15 is 0 Å². The van der Waals surface area contributed by atoms with Crippen molar-refractivity contribution in [1.82, 2.24) is 10.2 Å². The molecule has 1 saturated carbocycles. The zero-order valence-electron chi connectivity index (χ0n) is 10.6. The topological polar surface area (TPSA) is 15.3 Å². The minimum atomic E-state index is 0. The first-order chi connectivity index (χ1) is 6.77. The van der Waals surface area contributed by atoms with E-state index in [1.807, 2.05) is 20.9 Å². The lowest BCUT2D eigenvalue weighted by Crippen LogP contribution is -2.46. The van der Waals surface area contributed by atoms with Crippen molar-refractivity contribution in [2.45, 2.75) is 54.0 Å². The van der Waals surface area contributed by atoms with E-state index in [1.165, 1.54) is 25.9 Å². The molecule has 2 heteroatoms. The Hall–Kier alpha value is -0.0800. The third kappa shape index (κ3) is 6.16. The van der Waals surface area contributed by atoms with Crippen LogP contribution >= 0.6 is 0 Å². The first kappa shape index (κ1) is 17.3. The summed E-state index contributed by atoms with van der Waals surface area (Å²) >= 11 is 0. The van der Waals surface area contributed by atoms with E-state index < -0.39 is 0 Å². The van der Waals surface area contributed by atoms with E-state index in [-0.39, 0.29) is 7.43 Å². The zero-order chi connectivity index (χ0) is 11.0. The summed E-state index contributed by atoms with van der Waals surface area (Å²) < 4.78 is 0. The van der Waals surface area contributed by atoms with E-state index in [2.05, 4.69) is 24.1 Å². The largest absolute Gasteiger partial charge is 0.318 e. The molecule has 0 unspecified atom stereocenters. The van der Waals surface area contributed by atoms with Gasteiger partial charge in [0, 0.05) is 19.1 Å². The predicted molar refractivity (Wildman–Crippen MR) is 71.4 cm³/mol. The van der Waals surface area contributed by atoms with Crippen LogP contribution in [0.25, 0.3) is 0 Å². The minimum Gasteiger partial charge on any atom is -0.318 e. The third-order valence-electron chi connectivity index (χ3n) is 2.92. The van der Waals surface area contributed by atoms with Crippen molar-refractivity contribution in [2.75, 3.05) is 26.7 Å². The number of hydrogen-bond donors (Lipinski definition) is 1. The highest BCUT2D eigenvalue weighted by atomic mass is 15.2. The van der Waals surface area contributed by atoms with Crippen molar-refractivity contribution in [1.29, 1.82) is 0 Å². The average molecular weight is 216 g/mol. The van der Waals surface area contributed by atoms with Crippen LogP contribution in [0.3, 0.4) is 0 Å². The quantitative estimate of drug-likeness (QED) is 0.760. The van der Waals surface area contributed by atoms with E-state index in [4.69, 9.17) is 0 Å². The van der Waals surface area contributed by atoms with Crippen LogP contribution in [0.15, 0.2) is 0 Å². The lowest BCUT2D eigenvalue weighted by Gasteiger charge is -2.41. The highest BCUT2D eigenvalue weighted by molar-refractivity contribution is 4.84. The summed E-state index contributed by atoms with van der Waals surface area (Å²) in [6.07, 6.45) is 2.83. The van der Waals surface area contributed by atoms with Gasteiger partial charge in [-0.1, -0.05) is 35.1 Å². The first-order valence-corrected chi connectivity index (χ1v) is 6.16. The molecule has 1 N–H and O–H groups in total. The maximum Gasteiger partial charge on any atom is 0.0110 e. The van der Waals surface area contributed by atoms with Gasteiger partial charge in [0.2, 0.25) is 0 Å². The number of likely N-dealkylation sites (N-methyl/N-ethyl adjacent to an activating group) is 2. The van der Waals surface area contributed by atoms with Crippen LogP contribution in [0.5, 0.6) is 0 Å². The molecule has 1 aliphatic rings. The highest BCUT2D eigenvalue weighted by Crippen LogP contribution is 2.30. The SMILES string of the molecule is C.CC.CCN(CCNC)C1CC(C)C1. The maximum atomic E-state index is 3.21. The van der Waals surface area contributed by atoms with Gasteiger partial charge in [-0.05, 0) is 32.4 Å². The average Bonchev–Trinajstić information content (AvgIpc) is 2.19. The Kier molecular flexibility index (Phi) is 12.1. The Bertz CT molecular complexity index is 120. The number of hydrogen-bond acceptors (Lipinski definition) is 2. The summed E-state index contributed by atoms with van der Waals surface area (Å²) in [6, 6.07) is 0.887. The molecular formula is C13H32N2. The van der Waals surface area contributed by atoms with Crippen LogP contribution in [0.1, 0.15) is 48.0 Å². The molecule has 1 aliphatic carbocycles. The van der Waals surface area contributed by atoms with Gasteiger partial charge in [0.25, 0.3) is 0 Å². The van der Waals surface area contributed by atoms with Crippen molar-refractivity contribution in [2.24, 2.45) is 5.92 Å². The monoisotopic (exact) mass is 216 g/mol. The van der Waals surface area contributed by atoms with Crippen LogP contribution in [0.4, 0.5) is 0 Å². The molecule has 0 atom stereocenters. The Labute approximate surface area is 97.4 Å². The van der Waals surface area contributed by atoms with Gasteiger partial charge in [0.1, 0.15) is 0 Å². The van der Waals surface area contributed by atoms with Crippen molar-refractivity contribution < 1.29 is 0 Å². The van der Waals surface area contributed by atoms with Gasteiger partial charge in [0.05, 0.1) is 0 Å². The van der Waals surface area contributed by atoms with Gasteiger partial charge >= 0.3 is 0 Å². The molecule has 0 radical (unpaired) electrons. The fourth-order valence-electron chi connectivity index (χ4n) is 2.01. The standard InChI is InChI=1S/C10H22N2.C2H6.CH4/c1-4-12(6-5-11-3)10-7-9(2)8-10;1-2;/h9-11H,4-8H2,1-3H3;1-2H3;1H4. The van der Waals surface area contributed by atoms with Crippen LogP contribution in [0, 0.1) is 5.92 Å². The van der Waals surface area contributed by atoms with E-state index in [0.717, 1.165) is 18.5 Å². The molecule has 0 amide bonds. The van der Waals surface area contributed by atoms with E-state index in [9.17, 15) is 0 Å². The van der Waals surface area contributed by atoms with Crippen LogP contribution < -0.4 is 5.32 Å². The normalized spacial score (nSPS) is 23.6. The van der Waals surface area contributed by atoms with Gasteiger partial charge in [0.15, 0.2) is 0 Å². The predicted octanol–water partition coefficient (Wildman–Crippen LogP) is 2.99. The summed E-state index contributed by atoms with van der Waals surface area (Å²) in [5.74, 6) is 0.971. The number of rotatable bonds is 5. The summed E-state index contributed by atoms with van der Waals surface area (Å²) in [5.41, 5.74) is 0. The summed E-state index contributed by atoms with van der Waals surface area (Å²) in [4.78, 5) is 2.59. The summed E-state index contributed by atoms with van der Waals surface area (Å²) in [6.45, 7) is 12.2. The fraction of sp³-hybridized carbons (Fsp3) is 1.00. The smallest absolute Gasteiger partial charge is 0.0110 e. The molecular weight excluding hydrogens is 184 g/mol. The van der Waals surface area contributed by atoms with Crippen molar-refractivity contribution >= 4 is 0 Å². The van der Waals surface area contributed by atoms with Gasteiger partial charge in [-0.3, -0.25) is 4.90 Å². The third-order valence-corrected chi connectivity index (χ3v) is 2.92. The molecule has 1 fully saturated rings. The van der Waals surface area contributed by atoms with Gasteiger partial charge in [-0.15, -0.1) is 0 Å². The van der Waals surface area contributed by atoms with Gasteiger partial charge < -0.3 is 5.32 Å². The second kappa shape index (κ2) is 10.4. The van der Waals surface area contributed by atoms with E-state index in [0.29, 0.717) is 0 Å². The van der Waals surface area contributed by atoms with Crippen LogP contribution in [0.2, 0.25) is 0 Å².